The number of hydrogen-bond acceptors (Lipinski definition) is 5. The number of carbonyl (C=O) groups is 1. The first-order valence-electron chi connectivity index (χ1n) is 11.0. The van der Waals surface area contributed by atoms with E-state index in [0.717, 1.165) is 44.5 Å². The number of sulfonamides is 1. The molecule has 2 aromatic rings. The van der Waals surface area contributed by atoms with Crippen molar-refractivity contribution in [3.8, 4) is 0 Å². The number of amides is 1. The Kier molecular flexibility index (Phi) is 6.99. The van der Waals surface area contributed by atoms with Crippen LogP contribution in [-0.2, 0) is 27.8 Å². The van der Waals surface area contributed by atoms with Gasteiger partial charge >= 0.3 is 0 Å². The summed E-state index contributed by atoms with van der Waals surface area (Å²) in [5.41, 5.74) is 2.08. The van der Waals surface area contributed by atoms with E-state index in [9.17, 15) is 13.2 Å². The minimum atomic E-state index is -3.43. The maximum Gasteiger partial charge on any atom is 0.243 e. The molecule has 1 aromatic heterocycles. The van der Waals surface area contributed by atoms with Gasteiger partial charge in [-0.2, -0.15) is 4.31 Å². The van der Waals surface area contributed by atoms with Crippen LogP contribution in [0.4, 0.5) is 0 Å². The summed E-state index contributed by atoms with van der Waals surface area (Å²) < 4.78 is 27.1. The number of aromatic nitrogens is 1. The molecule has 3 heterocycles. The summed E-state index contributed by atoms with van der Waals surface area (Å²) >= 11 is 0. The van der Waals surface area contributed by atoms with Gasteiger partial charge in [0.05, 0.1) is 11.3 Å². The first-order chi connectivity index (χ1) is 15.0. The molecule has 166 valence electrons. The van der Waals surface area contributed by atoms with Gasteiger partial charge in [0.25, 0.3) is 0 Å². The standard InChI is InChI=1S/C23H30N4O3S/c28-23(26-16-14-25(15-17-26)19-21-8-10-24-11-9-21)18-20-4-6-22(7-5-20)31(29,30)27-12-2-1-3-13-27/h4-11H,1-3,12-19H2. The third-order valence-electron chi connectivity index (χ3n) is 6.11. The predicted octanol–water partition coefficient (Wildman–Crippen LogP) is 2.14. The van der Waals surface area contributed by atoms with Gasteiger partial charge in [-0.3, -0.25) is 14.7 Å². The van der Waals surface area contributed by atoms with Crippen LogP contribution in [0.2, 0.25) is 0 Å². The van der Waals surface area contributed by atoms with Crippen molar-refractivity contribution in [1.82, 2.24) is 19.1 Å². The van der Waals surface area contributed by atoms with Crippen LogP contribution in [0.1, 0.15) is 30.4 Å². The highest BCUT2D eigenvalue weighted by atomic mass is 32.2. The van der Waals surface area contributed by atoms with E-state index in [-0.39, 0.29) is 5.91 Å². The van der Waals surface area contributed by atoms with E-state index in [1.54, 1.807) is 41.0 Å². The molecule has 8 heteroatoms. The Morgan fingerprint density at radius 3 is 2.10 bits per heavy atom. The normalized spacial score (nSPS) is 18.8. The lowest BCUT2D eigenvalue weighted by atomic mass is 10.1. The fraction of sp³-hybridized carbons (Fsp3) is 0.478. The summed E-state index contributed by atoms with van der Waals surface area (Å²) in [7, 11) is -3.43. The van der Waals surface area contributed by atoms with Crippen molar-refractivity contribution < 1.29 is 13.2 Å². The SMILES string of the molecule is O=C(Cc1ccc(S(=O)(=O)N2CCCCC2)cc1)N1CCN(Cc2ccncc2)CC1. The van der Waals surface area contributed by atoms with Crippen molar-refractivity contribution in [1.29, 1.82) is 0 Å². The second-order valence-corrected chi connectivity index (χ2v) is 10.2. The van der Waals surface area contributed by atoms with Gasteiger partial charge in [-0.1, -0.05) is 18.6 Å². The van der Waals surface area contributed by atoms with E-state index < -0.39 is 10.0 Å². The molecule has 4 rings (SSSR count). The number of piperazine rings is 1. The molecule has 1 amide bonds. The third-order valence-corrected chi connectivity index (χ3v) is 8.02. The lowest BCUT2D eigenvalue weighted by molar-refractivity contribution is -0.132. The molecule has 2 fully saturated rings. The van der Waals surface area contributed by atoms with Gasteiger partial charge in [-0.05, 0) is 48.2 Å². The van der Waals surface area contributed by atoms with E-state index in [1.807, 2.05) is 17.0 Å². The van der Waals surface area contributed by atoms with E-state index in [4.69, 9.17) is 0 Å². The average molecular weight is 443 g/mol. The van der Waals surface area contributed by atoms with Crippen LogP contribution in [0.25, 0.3) is 0 Å². The molecule has 0 unspecified atom stereocenters. The molecule has 0 saturated carbocycles. The topological polar surface area (TPSA) is 73.8 Å². The summed E-state index contributed by atoms with van der Waals surface area (Å²) in [5.74, 6) is 0.0928. The van der Waals surface area contributed by atoms with Crippen LogP contribution in [0.3, 0.4) is 0 Å². The molecule has 2 saturated heterocycles. The van der Waals surface area contributed by atoms with Gasteiger partial charge in [0.1, 0.15) is 0 Å². The molecule has 0 bridgehead atoms. The van der Waals surface area contributed by atoms with Gasteiger partial charge in [0.2, 0.25) is 15.9 Å². The van der Waals surface area contributed by atoms with E-state index in [2.05, 4.69) is 9.88 Å². The number of piperidine rings is 1. The van der Waals surface area contributed by atoms with E-state index in [0.29, 0.717) is 37.5 Å². The van der Waals surface area contributed by atoms with Crippen molar-refractivity contribution in [2.45, 2.75) is 37.1 Å². The highest BCUT2D eigenvalue weighted by Gasteiger charge is 2.26. The van der Waals surface area contributed by atoms with E-state index in [1.165, 1.54) is 5.56 Å². The molecule has 0 aliphatic carbocycles. The molecule has 31 heavy (non-hydrogen) atoms. The lowest BCUT2D eigenvalue weighted by Gasteiger charge is -2.34. The number of pyridine rings is 1. The molecular weight excluding hydrogens is 412 g/mol. The average Bonchev–Trinajstić information content (AvgIpc) is 2.81. The third kappa shape index (κ3) is 5.50. The first-order valence-corrected chi connectivity index (χ1v) is 12.4. The molecule has 2 aliphatic rings. The zero-order chi connectivity index (χ0) is 21.7. The van der Waals surface area contributed by atoms with Gasteiger partial charge in [0.15, 0.2) is 0 Å². The van der Waals surface area contributed by atoms with Crippen LogP contribution < -0.4 is 0 Å². The summed E-state index contributed by atoms with van der Waals surface area (Å²) in [6.45, 7) is 5.18. The Morgan fingerprint density at radius 2 is 1.45 bits per heavy atom. The number of rotatable bonds is 6. The fourth-order valence-corrected chi connectivity index (χ4v) is 5.74. The number of hydrogen-bond donors (Lipinski definition) is 0. The zero-order valence-corrected chi connectivity index (χ0v) is 18.6. The van der Waals surface area contributed by atoms with Crippen molar-refractivity contribution in [3.05, 3.63) is 59.9 Å². The van der Waals surface area contributed by atoms with E-state index >= 15 is 0 Å². The number of carbonyl (C=O) groups excluding carboxylic acids is 1. The van der Waals surface area contributed by atoms with Crippen LogP contribution >= 0.6 is 0 Å². The summed E-state index contributed by atoms with van der Waals surface area (Å²) in [4.78, 5) is 21.3. The quantitative estimate of drug-likeness (QED) is 0.685. The Hall–Kier alpha value is -2.29. The van der Waals surface area contributed by atoms with Gasteiger partial charge < -0.3 is 4.90 Å². The highest BCUT2D eigenvalue weighted by molar-refractivity contribution is 7.89. The van der Waals surface area contributed by atoms with Crippen molar-refractivity contribution in [2.75, 3.05) is 39.3 Å². The Bertz CT molecular complexity index is 966. The minimum Gasteiger partial charge on any atom is -0.340 e. The molecule has 2 aliphatic heterocycles. The van der Waals surface area contributed by atoms with Crippen molar-refractivity contribution in [2.24, 2.45) is 0 Å². The van der Waals surface area contributed by atoms with Gasteiger partial charge in [0, 0.05) is 58.2 Å². The second-order valence-electron chi connectivity index (χ2n) is 8.30. The van der Waals surface area contributed by atoms with Crippen LogP contribution in [0.15, 0.2) is 53.7 Å². The lowest BCUT2D eigenvalue weighted by Crippen LogP contribution is -2.48. The second kappa shape index (κ2) is 9.89. The molecule has 1 aromatic carbocycles. The Balaban J connectivity index is 1.29. The highest BCUT2D eigenvalue weighted by Crippen LogP contribution is 2.21. The summed E-state index contributed by atoms with van der Waals surface area (Å²) in [6.07, 6.45) is 6.83. The number of benzene rings is 1. The van der Waals surface area contributed by atoms with Crippen LogP contribution in [-0.4, -0.2) is 72.7 Å². The summed E-state index contributed by atoms with van der Waals surface area (Å²) in [5, 5.41) is 0. The molecule has 7 nitrogen and oxygen atoms in total. The summed E-state index contributed by atoms with van der Waals surface area (Å²) in [6, 6.07) is 10.9. The molecule has 0 atom stereocenters. The monoisotopic (exact) mass is 442 g/mol. The van der Waals surface area contributed by atoms with Crippen LogP contribution in [0.5, 0.6) is 0 Å². The predicted molar refractivity (Wildman–Crippen MR) is 119 cm³/mol. The maximum atomic E-state index is 12.8. The number of nitrogens with zero attached hydrogens (tertiary/aromatic N) is 4. The molecular formula is C23H30N4O3S. The smallest absolute Gasteiger partial charge is 0.243 e. The zero-order valence-electron chi connectivity index (χ0n) is 17.8. The van der Waals surface area contributed by atoms with Gasteiger partial charge in [-0.15, -0.1) is 0 Å². The van der Waals surface area contributed by atoms with Crippen molar-refractivity contribution >= 4 is 15.9 Å². The largest absolute Gasteiger partial charge is 0.340 e. The minimum absolute atomic E-state index is 0.0928. The first kappa shape index (κ1) is 21.9. The molecule has 0 N–H and O–H groups in total. The molecule has 0 radical (unpaired) electrons. The van der Waals surface area contributed by atoms with Crippen LogP contribution in [0, 0.1) is 0 Å². The maximum absolute atomic E-state index is 12.8. The molecule has 0 spiro atoms. The fourth-order valence-electron chi connectivity index (χ4n) is 4.22. The van der Waals surface area contributed by atoms with Gasteiger partial charge in [-0.25, -0.2) is 8.42 Å². The van der Waals surface area contributed by atoms with Crippen molar-refractivity contribution in [3.63, 3.8) is 0 Å². The Morgan fingerprint density at radius 1 is 0.806 bits per heavy atom. The Labute approximate surface area is 184 Å².